The SMILES string of the molecule is Cc1cnn(CCNC(=O)C2C=CC(N)C2)c1. The number of nitrogens with zero attached hydrogens (tertiary/aromatic N) is 2. The molecule has 0 saturated carbocycles. The lowest BCUT2D eigenvalue weighted by Crippen LogP contribution is -2.33. The van der Waals surface area contributed by atoms with Crippen LogP contribution in [0.25, 0.3) is 0 Å². The van der Waals surface area contributed by atoms with Gasteiger partial charge >= 0.3 is 0 Å². The van der Waals surface area contributed by atoms with E-state index >= 15 is 0 Å². The summed E-state index contributed by atoms with van der Waals surface area (Å²) in [7, 11) is 0. The molecule has 1 aliphatic rings. The van der Waals surface area contributed by atoms with E-state index in [1.807, 2.05) is 30.0 Å². The number of aryl methyl sites for hydroxylation is 1. The van der Waals surface area contributed by atoms with Gasteiger partial charge in [-0.1, -0.05) is 12.2 Å². The van der Waals surface area contributed by atoms with Crippen LogP contribution in [0.2, 0.25) is 0 Å². The third-order valence-corrected chi connectivity index (χ3v) is 2.86. The second kappa shape index (κ2) is 5.14. The van der Waals surface area contributed by atoms with Gasteiger partial charge in [0.05, 0.1) is 18.7 Å². The zero-order valence-electron chi connectivity index (χ0n) is 9.97. The topological polar surface area (TPSA) is 72.9 Å². The highest BCUT2D eigenvalue weighted by molar-refractivity contribution is 5.81. The van der Waals surface area contributed by atoms with Crippen molar-refractivity contribution in [2.75, 3.05) is 6.54 Å². The van der Waals surface area contributed by atoms with Crippen molar-refractivity contribution in [1.82, 2.24) is 15.1 Å². The third kappa shape index (κ3) is 3.17. The van der Waals surface area contributed by atoms with Gasteiger partial charge in [0, 0.05) is 18.8 Å². The molecule has 5 heteroatoms. The van der Waals surface area contributed by atoms with Gasteiger partial charge in [0.25, 0.3) is 0 Å². The predicted molar refractivity (Wildman–Crippen MR) is 65.2 cm³/mol. The van der Waals surface area contributed by atoms with Crippen LogP contribution in [0, 0.1) is 12.8 Å². The number of carbonyl (C=O) groups excluding carboxylic acids is 1. The summed E-state index contributed by atoms with van der Waals surface area (Å²) in [5.74, 6) is -0.0116. The van der Waals surface area contributed by atoms with Crippen molar-refractivity contribution in [3.05, 3.63) is 30.1 Å². The summed E-state index contributed by atoms with van der Waals surface area (Å²) in [4.78, 5) is 11.7. The van der Waals surface area contributed by atoms with Crippen molar-refractivity contribution in [3.8, 4) is 0 Å². The van der Waals surface area contributed by atoms with Crippen molar-refractivity contribution >= 4 is 5.91 Å². The molecule has 92 valence electrons. The molecule has 5 nitrogen and oxygen atoms in total. The number of rotatable bonds is 4. The van der Waals surface area contributed by atoms with Crippen molar-refractivity contribution in [3.63, 3.8) is 0 Å². The Morgan fingerprint density at radius 3 is 3.06 bits per heavy atom. The fraction of sp³-hybridized carbons (Fsp3) is 0.500. The van der Waals surface area contributed by atoms with E-state index in [9.17, 15) is 4.79 Å². The van der Waals surface area contributed by atoms with Crippen LogP contribution >= 0.6 is 0 Å². The maximum Gasteiger partial charge on any atom is 0.227 e. The van der Waals surface area contributed by atoms with Gasteiger partial charge in [-0.05, 0) is 18.9 Å². The molecule has 1 aromatic heterocycles. The normalized spacial score (nSPS) is 22.9. The number of carbonyl (C=O) groups is 1. The van der Waals surface area contributed by atoms with Crippen LogP contribution in [-0.4, -0.2) is 28.3 Å². The number of nitrogens with one attached hydrogen (secondary N) is 1. The second-order valence-corrected chi connectivity index (χ2v) is 4.46. The quantitative estimate of drug-likeness (QED) is 0.731. The van der Waals surface area contributed by atoms with Gasteiger partial charge in [-0.15, -0.1) is 0 Å². The van der Waals surface area contributed by atoms with Gasteiger partial charge in [0.15, 0.2) is 0 Å². The number of hydrogen-bond acceptors (Lipinski definition) is 3. The molecule has 0 aliphatic heterocycles. The van der Waals surface area contributed by atoms with Crippen LogP contribution < -0.4 is 11.1 Å². The fourth-order valence-corrected chi connectivity index (χ4v) is 1.94. The lowest BCUT2D eigenvalue weighted by Gasteiger charge is -2.10. The lowest BCUT2D eigenvalue weighted by atomic mass is 10.1. The van der Waals surface area contributed by atoms with Gasteiger partial charge < -0.3 is 11.1 Å². The highest BCUT2D eigenvalue weighted by atomic mass is 16.1. The molecule has 0 bridgehead atoms. The summed E-state index contributed by atoms with van der Waals surface area (Å²) in [6.45, 7) is 3.29. The van der Waals surface area contributed by atoms with Gasteiger partial charge in [-0.2, -0.15) is 5.10 Å². The Balaban J connectivity index is 1.72. The summed E-state index contributed by atoms with van der Waals surface area (Å²) >= 11 is 0. The van der Waals surface area contributed by atoms with E-state index in [-0.39, 0.29) is 17.9 Å². The van der Waals surface area contributed by atoms with Crippen molar-refractivity contribution in [2.24, 2.45) is 11.7 Å². The van der Waals surface area contributed by atoms with E-state index in [1.54, 1.807) is 6.20 Å². The minimum absolute atomic E-state index is 0.0273. The van der Waals surface area contributed by atoms with Crippen LogP contribution in [0.3, 0.4) is 0 Å². The molecule has 17 heavy (non-hydrogen) atoms. The smallest absolute Gasteiger partial charge is 0.227 e. The van der Waals surface area contributed by atoms with E-state index in [2.05, 4.69) is 10.4 Å². The molecule has 2 atom stereocenters. The van der Waals surface area contributed by atoms with E-state index in [4.69, 9.17) is 5.73 Å². The minimum atomic E-state index is -0.0654. The summed E-state index contributed by atoms with van der Waals surface area (Å²) in [6, 6.07) is 0.0273. The zero-order valence-corrected chi connectivity index (χ0v) is 9.97. The molecule has 1 heterocycles. The average Bonchev–Trinajstić information content (AvgIpc) is 2.88. The monoisotopic (exact) mass is 234 g/mol. The maximum atomic E-state index is 11.7. The minimum Gasteiger partial charge on any atom is -0.354 e. The van der Waals surface area contributed by atoms with E-state index < -0.39 is 0 Å². The number of nitrogens with two attached hydrogens (primary N) is 1. The Bertz CT molecular complexity index is 424. The first-order chi connectivity index (χ1) is 8.15. The van der Waals surface area contributed by atoms with Crippen molar-refractivity contribution in [1.29, 1.82) is 0 Å². The van der Waals surface area contributed by atoms with E-state index in [0.717, 1.165) is 5.56 Å². The van der Waals surface area contributed by atoms with Crippen LogP contribution in [-0.2, 0) is 11.3 Å². The largest absolute Gasteiger partial charge is 0.354 e. The van der Waals surface area contributed by atoms with Crippen LogP contribution in [0.5, 0.6) is 0 Å². The highest BCUT2D eigenvalue weighted by Gasteiger charge is 2.21. The molecular weight excluding hydrogens is 216 g/mol. The van der Waals surface area contributed by atoms with Gasteiger partial charge in [-0.25, -0.2) is 0 Å². The third-order valence-electron chi connectivity index (χ3n) is 2.86. The molecule has 2 rings (SSSR count). The van der Waals surface area contributed by atoms with E-state index in [1.165, 1.54) is 0 Å². The molecule has 2 unspecified atom stereocenters. The Morgan fingerprint density at radius 1 is 1.65 bits per heavy atom. The van der Waals surface area contributed by atoms with Gasteiger partial charge in [-0.3, -0.25) is 9.48 Å². The Hall–Kier alpha value is -1.62. The molecule has 0 aromatic carbocycles. The maximum absolute atomic E-state index is 11.7. The summed E-state index contributed by atoms with van der Waals surface area (Å²) in [5.41, 5.74) is 6.83. The molecular formula is C12H18N4O. The molecule has 1 amide bonds. The standard InChI is InChI=1S/C12H18N4O/c1-9-7-15-16(8-9)5-4-14-12(17)10-2-3-11(13)6-10/h2-3,7-8,10-11H,4-6,13H2,1H3,(H,14,17). The lowest BCUT2D eigenvalue weighted by molar-refractivity contribution is -0.123. The van der Waals surface area contributed by atoms with Crippen molar-refractivity contribution in [2.45, 2.75) is 25.9 Å². The first-order valence-electron chi connectivity index (χ1n) is 5.86. The van der Waals surface area contributed by atoms with Gasteiger partial charge in [0.1, 0.15) is 0 Å². The van der Waals surface area contributed by atoms with Crippen LogP contribution in [0.4, 0.5) is 0 Å². The second-order valence-electron chi connectivity index (χ2n) is 4.46. The summed E-state index contributed by atoms with van der Waals surface area (Å²) < 4.78 is 1.83. The zero-order chi connectivity index (χ0) is 12.3. The molecule has 0 saturated heterocycles. The molecule has 0 radical (unpaired) electrons. The van der Waals surface area contributed by atoms with Crippen LogP contribution in [0.15, 0.2) is 24.5 Å². The molecule has 0 fully saturated rings. The van der Waals surface area contributed by atoms with E-state index in [0.29, 0.717) is 19.5 Å². The van der Waals surface area contributed by atoms with Gasteiger partial charge in [0.2, 0.25) is 5.91 Å². The average molecular weight is 234 g/mol. The fourth-order valence-electron chi connectivity index (χ4n) is 1.94. The summed E-state index contributed by atoms with van der Waals surface area (Å²) in [5, 5.41) is 7.05. The Kier molecular flexibility index (Phi) is 3.58. The van der Waals surface area contributed by atoms with Crippen molar-refractivity contribution < 1.29 is 4.79 Å². The highest BCUT2D eigenvalue weighted by Crippen LogP contribution is 2.15. The number of aromatic nitrogens is 2. The Morgan fingerprint density at radius 2 is 2.47 bits per heavy atom. The molecule has 0 spiro atoms. The molecule has 1 aliphatic carbocycles. The molecule has 1 aromatic rings. The number of hydrogen-bond donors (Lipinski definition) is 2. The first kappa shape index (κ1) is 11.9. The predicted octanol–water partition coefficient (Wildman–Crippen LogP) is 0.211. The number of amides is 1. The van der Waals surface area contributed by atoms with Crippen LogP contribution in [0.1, 0.15) is 12.0 Å². The first-order valence-corrected chi connectivity index (χ1v) is 5.86. The summed E-state index contributed by atoms with van der Waals surface area (Å²) in [6.07, 6.45) is 8.25. The molecule has 3 N–H and O–H groups in total. The Labute approximate surface area is 101 Å².